The zero-order valence-corrected chi connectivity index (χ0v) is 18.5. The smallest absolute Gasteiger partial charge is 0.0794 e. The Morgan fingerprint density at radius 3 is 2.43 bits per heavy atom. The predicted molar refractivity (Wildman–Crippen MR) is 120 cm³/mol. The molecule has 3 rings (SSSR count). The number of hydrogen-bond donors (Lipinski definition) is 1. The van der Waals surface area contributed by atoms with Gasteiger partial charge < -0.3 is 10.2 Å². The minimum absolute atomic E-state index is 0.0592. The minimum Gasteiger partial charge on any atom is -0.305 e. The van der Waals surface area contributed by atoms with Crippen molar-refractivity contribution < 1.29 is 0 Å². The number of benzene rings is 1. The highest BCUT2D eigenvalue weighted by Crippen LogP contribution is 2.28. The molecule has 0 saturated carbocycles. The van der Waals surface area contributed by atoms with Crippen molar-refractivity contribution in [2.24, 2.45) is 0 Å². The molecule has 154 valence electrons. The van der Waals surface area contributed by atoms with Gasteiger partial charge in [0.15, 0.2) is 0 Å². The molecule has 2 heterocycles. The van der Waals surface area contributed by atoms with Crippen molar-refractivity contribution in [3.05, 3.63) is 52.5 Å². The molecule has 0 radical (unpaired) electrons. The molecule has 0 spiro atoms. The normalized spacial score (nSPS) is 19.4. The highest BCUT2D eigenvalue weighted by Gasteiger charge is 2.32. The number of hydrogen-bond acceptors (Lipinski definition) is 5. The standard InChI is InChI=1S/C23H36N4S/c1-4-11-26-12-14-27(15-13-26)18-23(3,22-17-24-19-28-22)25-16-20(5-2)21-9-7-6-8-10-21/h6-10,17,19-20,25H,4-5,11-16,18H2,1-3H3. The fourth-order valence-electron chi connectivity index (χ4n) is 4.22. The van der Waals surface area contributed by atoms with Gasteiger partial charge >= 0.3 is 0 Å². The Balaban J connectivity index is 1.65. The molecule has 2 unspecified atom stereocenters. The highest BCUT2D eigenvalue weighted by molar-refractivity contribution is 7.09. The Labute approximate surface area is 175 Å². The van der Waals surface area contributed by atoms with E-state index >= 15 is 0 Å². The van der Waals surface area contributed by atoms with Gasteiger partial charge in [-0.1, -0.05) is 44.2 Å². The summed E-state index contributed by atoms with van der Waals surface area (Å²) in [5.41, 5.74) is 3.33. The van der Waals surface area contributed by atoms with Crippen LogP contribution in [0.15, 0.2) is 42.0 Å². The molecule has 1 aliphatic rings. The Morgan fingerprint density at radius 2 is 1.82 bits per heavy atom. The molecular weight excluding hydrogens is 364 g/mol. The Bertz CT molecular complexity index is 667. The first-order chi connectivity index (χ1) is 13.6. The lowest BCUT2D eigenvalue weighted by atomic mass is 9.93. The Hall–Kier alpha value is -1.27. The van der Waals surface area contributed by atoms with E-state index in [1.807, 2.05) is 5.51 Å². The fourth-order valence-corrected chi connectivity index (χ4v) is 4.97. The first kappa shape index (κ1) is 21.4. The molecule has 1 N–H and O–H groups in total. The molecule has 0 aliphatic carbocycles. The maximum Gasteiger partial charge on any atom is 0.0794 e. The molecule has 28 heavy (non-hydrogen) atoms. The minimum atomic E-state index is -0.0592. The lowest BCUT2D eigenvalue weighted by Gasteiger charge is -2.41. The van der Waals surface area contributed by atoms with Gasteiger partial charge in [0.2, 0.25) is 0 Å². The van der Waals surface area contributed by atoms with Crippen molar-refractivity contribution in [3.8, 4) is 0 Å². The van der Waals surface area contributed by atoms with E-state index in [0.717, 1.165) is 32.6 Å². The summed E-state index contributed by atoms with van der Waals surface area (Å²) >= 11 is 1.77. The van der Waals surface area contributed by atoms with E-state index in [1.165, 1.54) is 36.5 Å². The zero-order valence-electron chi connectivity index (χ0n) is 17.7. The lowest BCUT2D eigenvalue weighted by molar-refractivity contribution is 0.104. The van der Waals surface area contributed by atoms with Crippen molar-refractivity contribution in [1.29, 1.82) is 0 Å². The number of nitrogens with zero attached hydrogens (tertiary/aromatic N) is 3. The summed E-state index contributed by atoms with van der Waals surface area (Å²) in [5.74, 6) is 0.537. The van der Waals surface area contributed by atoms with E-state index in [0.29, 0.717) is 5.92 Å². The van der Waals surface area contributed by atoms with Crippen LogP contribution in [0.2, 0.25) is 0 Å². The molecule has 2 aromatic rings. The predicted octanol–water partition coefficient (Wildman–Crippen LogP) is 4.17. The molecule has 1 saturated heterocycles. The molecule has 1 aromatic carbocycles. The topological polar surface area (TPSA) is 31.4 Å². The van der Waals surface area contributed by atoms with Gasteiger partial charge in [0.05, 0.1) is 11.0 Å². The summed E-state index contributed by atoms with van der Waals surface area (Å²) in [6, 6.07) is 10.9. The van der Waals surface area contributed by atoms with Crippen LogP contribution in [0.1, 0.15) is 50.0 Å². The average molecular weight is 401 g/mol. The van der Waals surface area contributed by atoms with Crippen LogP contribution >= 0.6 is 11.3 Å². The van der Waals surface area contributed by atoms with Crippen LogP contribution in [0, 0.1) is 0 Å². The van der Waals surface area contributed by atoms with Gasteiger partial charge in [-0.3, -0.25) is 9.88 Å². The first-order valence-corrected chi connectivity index (χ1v) is 11.7. The summed E-state index contributed by atoms with van der Waals surface area (Å²) in [6.45, 7) is 14.9. The highest BCUT2D eigenvalue weighted by atomic mass is 32.1. The SMILES string of the molecule is CCCN1CCN(CC(C)(NCC(CC)c2ccccc2)c2cncs2)CC1. The van der Waals surface area contributed by atoms with Crippen LogP contribution in [-0.4, -0.2) is 60.6 Å². The van der Waals surface area contributed by atoms with E-state index in [1.54, 1.807) is 11.3 Å². The van der Waals surface area contributed by atoms with Crippen LogP contribution in [0.25, 0.3) is 0 Å². The average Bonchev–Trinajstić information content (AvgIpc) is 3.27. The van der Waals surface area contributed by atoms with Gasteiger partial charge in [0, 0.05) is 50.3 Å². The lowest BCUT2D eigenvalue weighted by Crippen LogP contribution is -2.54. The van der Waals surface area contributed by atoms with Gasteiger partial charge in [-0.25, -0.2) is 0 Å². The quantitative estimate of drug-likeness (QED) is 0.649. The molecule has 4 nitrogen and oxygen atoms in total. The zero-order chi connectivity index (χ0) is 19.8. The van der Waals surface area contributed by atoms with Gasteiger partial charge in [0.25, 0.3) is 0 Å². The number of nitrogens with one attached hydrogen (secondary N) is 1. The van der Waals surface area contributed by atoms with E-state index in [2.05, 4.69) is 77.4 Å². The van der Waals surface area contributed by atoms with Crippen molar-refractivity contribution in [3.63, 3.8) is 0 Å². The van der Waals surface area contributed by atoms with E-state index in [4.69, 9.17) is 0 Å². The van der Waals surface area contributed by atoms with E-state index in [9.17, 15) is 0 Å². The second-order valence-corrected chi connectivity index (χ2v) is 9.10. The fraction of sp³-hybridized carbons (Fsp3) is 0.609. The van der Waals surface area contributed by atoms with Crippen LogP contribution in [0.5, 0.6) is 0 Å². The summed E-state index contributed by atoms with van der Waals surface area (Å²) < 4.78 is 0. The van der Waals surface area contributed by atoms with E-state index in [-0.39, 0.29) is 5.54 Å². The Morgan fingerprint density at radius 1 is 1.11 bits per heavy atom. The maximum absolute atomic E-state index is 4.37. The van der Waals surface area contributed by atoms with Crippen molar-refractivity contribution in [2.75, 3.05) is 45.8 Å². The second kappa shape index (κ2) is 10.5. The third kappa shape index (κ3) is 5.63. The number of piperazine rings is 1. The van der Waals surface area contributed by atoms with Crippen LogP contribution in [0.3, 0.4) is 0 Å². The summed E-state index contributed by atoms with van der Waals surface area (Å²) in [6.07, 6.45) is 4.44. The molecule has 2 atom stereocenters. The third-order valence-corrected chi connectivity index (χ3v) is 7.06. The number of aromatic nitrogens is 1. The second-order valence-electron chi connectivity index (χ2n) is 8.21. The molecule has 1 aliphatic heterocycles. The van der Waals surface area contributed by atoms with Crippen LogP contribution in [-0.2, 0) is 5.54 Å². The van der Waals surface area contributed by atoms with Gasteiger partial charge in [-0.2, -0.15) is 0 Å². The van der Waals surface area contributed by atoms with Crippen molar-refractivity contribution in [1.82, 2.24) is 20.1 Å². The molecular formula is C23H36N4S. The molecule has 1 aromatic heterocycles. The molecule has 0 bridgehead atoms. The summed E-state index contributed by atoms with van der Waals surface area (Å²) in [5, 5.41) is 3.95. The van der Waals surface area contributed by atoms with E-state index < -0.39 is 0 Å². The third-order valence-electron chi connectivity index (χ3n) is 6.02. The van der Waals surface area contributed by atoms with Gasteiger partial charge in [-0.15, -0.1) is 11.3 Å². The van der Waals surface area contributed by atoms with Crippen LogP contribution in [0.4, 0.5) is 0 Å². The first-order valence-electron chi connectivity index (χ1n) is 10.8. The van der Waals surface area contributed by atoms with Crippen molar-refractivity contribution in [2.45, 2.75) is 45.1 Å². The maximum atomic E-state index is 4.37. The number of rotatable bonds is 10. The monoisotopic (exact) mass is 400 g/mol. The number of thiazole rings is 1. The van der Waals surface area contributed by atoms with Crippen LogP contribution < -0.4 is 5.32 Å². The van der Waals surface area contributed by atoms with Gasteiger partial charge in [-0.05, 0) is 37.8 Å². The molecule has 0 amide bonds. The Kier molecular flexibility index (Phi) is 8.03. The summed E-state index contributed by atoms with van der Waals surface area (Å²) in [4.78, 5) is 10.9. The van der Waals surface area contributed by atoms with Gasteiger partial charge in [0.1, 0.15) is 0 Å². The summed E-state index contributed by atoms with van der Waals surface area (Å²) in [7, 11) is 0. The largest absolute Gasteiger partial charge is 0.305 e. The molecule has 1 fully saturated rings. The van der Waals surface area contributed by atoms with Crippen molar-refractivity contribution >= 4 is 11.3 Å². The molecule has 5 heteroatoms.